The number of likely N-dealkylation sites (N-methyl/N-ethyl adjacent to an activating group) is 1. The largest absolute Gasteiger partial charge is 0.389 e. The monoisotopic (exact) mass is 229 g/mol. The molecule has 0 saturated carbocycles. The van der Waals surface area contributed by atoms with E-state index in [1.54, 1.807) is 25.8 Å². The molecule has 0 bridgehead atoms. The van der Waals surface area contributed by atoms with Crippen molar-refractivity contribution in [3.05, 3.63) is 0 Å². The first-order valence-corrected chi connectivity index (χ1v) is 6.33. The van der Waals surface area contributed by atoms with Gasteiger partial charge in [-0.1, -0.05) is 32.6 Å². The van der Waals surface area contributed by atoms with Crippen LogP contribution in [-0.4, -0.2) is 35.1 Å². The molecule has 3 heteroatoms. The van der Waals surface area contributed by atoms with Crippen LogP contribution in [0.15, 0.2) is 0 Å². The Labute approximate surface area is 99.8 Å². The van der Waals surface area contributed by atoms with Crippen molar-refractivity contribution in [1.82, 2.24) is 4.90 Å². The van der Waals surface area contributed by atoms with E-state index in [1.165, 1.54) is 19.3 Å². The van der Waals surface area contributed by atoms with Gasteiger partial charge in [0.25, 0.3) is 0 Å². The normalized spacial score (nSPS) is 11.6. The zero-order valence-corrected chi connectivity index (χ0v) is 11.3. The Balaban J connectivity index is 3.64. The summed E-state index contributed by atoms with van der Waals surface area (Å²) in [4.78, 5) is 13.3. The van der Waals surface area contributed by atoms with Crippen molar-refractivity contribution in [3.63, 3.8) is 0 Å². The van der Waals surface area contributed by atoms with E-state index in [2.05, 4.69) is 6.92 Å². The van der Waals surface area contributed by atoms with Gasteiger partial charge < -0.3 is 10.0 Å². The fraction of sp³-hybridized carbons (Fsp3) is 0.923. The SMILES string of the molecule is CCCCCCCC(=O)N(C)CC(C)(C)O. The lowest BCUT2D eigenvalue weighted by atomic mass is 10.1. The van der Waals surface area contributed by atoms with Crippen LogP contribution in [0.4, 0.5) is 0 Å². The predicted octanol–water partition coefficient (Wildman–Crippen LogP) is 2.58. The molecular formula is C13H27NO2. The quantitative estimate of drug-likeness (QED) is 0.650. The Hall–Kier alpha value is -0.570. The second-order valence-electron chi connectivity index (χ2n) is 5.23. The highest BCUT2D eigenvalue weighted by molar-refractivity contribution is 5.75. The highest BCUT2D eigenvalue weighted by atomic mass is 16.3. The third kappa shape index (κ3) is 8.72. The van der Waals surface area contributed by atoms with Crippen LogP contribution in [0.1, 0.15) is 59.3 Å². The molecular weight excluding hydrogens is 202 g/mol. The first-order valence-electron chi connectivity index (χ1n) is 6.33. The van der Waals surface area contributed by atoms with E-state index in [9.17, 15) is 9.90 Å². The number of hydrogen-bond acceptors (Lipinski definition) is 2. The second-order valence-corrected chi connectivity index (χ2v) is 5.23. The van der Waals surface area contributed by atoms with Gasteiger partial charge in [0.2, 0.25) is 5.91 Å². The summed E-state index contributed by atoms with van der Waals surface area (Å²) in [7, 11) is 1.76. The lowest BCUT2D eigenvalue weighted by Crippen LogP contribution is -2.39. The molecule has 16 heavy (non-hydrogen) atoms. The molecule has 0 atom stereocenters. The maximum absolute atomic E-state index is 11.7. The molecule has 0 aromatic heterocycles. The molecule has 0 aliphatic heterocycles. The minimum atomic E-state index is -0.799. The van der Waals surface area contributed by atoms with E-state index in [0.29, 0.717) is 13.0 Å². The molecule has 0 saturated heterocycles. The van der Waals surface area contributed by atoms with Gasteiger partial charge in [-0.25, -0.2) is 0 Å². The van der Waals surface area contributed by atoms with E-state index in [0.717, 1.165) is 12.8 Å². The van der Waals surface area contributed by atoms with Gasteiger partial charge >= 0.3 is 0 Å². The van der Waals surface area contributed by atoms with Crippen LogP contribution in [-0.2, 0) is 4.79 Å². The number of amides is 1. The van der Waals surface area contributed by atoms with Gasteiger partial charge in [0.15, 0.2) is 0 Å². The summed E-state index contributed by atoms with van der Waals surface area (Å²) in [6, 6.07) is 0. The molecule has 0 unspecified atom stereocenters. The first kappa shape index (κ1) is 15.4. The van der Waals surface area contributed by atoms with Crippen LogP contribution in [0.25, 0.3) is 0 Å². The molecule has 1 N–H and O–H groups in total. The van der Waals surface area contributed by atoms with Crippen molar-refractivity contribution in [3.8, 4) is 0 Å². The molecule has 0 aliphatic rings. The lowest BCUT2D eigenvalue weighted by Gasteiger charge is -2.25. The number of unbranched alkanes of at least 4 members (excludes halogenated alkanes) is 4. The van der Waals surface area contributed by atoms with Crippen LogP contribution in [0, 0.1) is 0 Å². The van der Waals surface area contributed by atoms with Gasteiger partial charge in [-0.05, 0) is 20.3 Å². The van der Waals surface area contributed by atoms with Crippen LogP contribution in [0.5, 0.6) is 0 Å². The fourth-order valence-electron chi connectivity index (χ4n) is 1.74. The molecule has 0 aliphatic carbocycles. The van der Waals surface area contributed by atoms with Crippen LogP contribution in [0.3, 0.4) is 0 Å². The number of nitrogens with zero attached hydrogens (tertiary/aromatic N) is 1. The predicted molar refractivity (Wildman–Crippen MR) is 67.3 cm³/mol. The third-order valence-corrected chi connectivity index (χ3v) is 2.54. The molecule has 3 nitrogen and oxygen atoms in total. The van der Waals surface area contributed by atoms with Crippen molar-refractivity contribution < 1.29 is 9.90 Å². The van der Waals surface area contributed by atoms with Crippen molar-refractivity contribution in [2.75, 3.05) is 13.6 Å². The van der Waals surface area contributed by atoms with E-state index in [4.69, 9.17) is 0 Å². The van der Waals surface area contributed by atoms with Crippen LogP contribution < -0.4 is 0 Å². The Kier molecular flexibility index (Phi) is 7.39. The summed E-state index contributed by atoms with van der Waals surface area (Å²) in [6.45, 7) is 6.03. The molecule has 0 radical (unpaired) electrons. The number of aliphatic hydroxyl groups is 1. The minimum Gasteiger partial charge on any atom is -0.389 e. The summed E-state index contributed by atoms with van der Waals surface area (Å²) in [5.41, 5.74) is -0.799. The molecule has 0 heterocycles. The highest BCUT2D eigenvalue weighted by Crippen LogP contribution is 2.08. The summed E-state index contributed by atoms with van der Waals surface area (Å²) >= 11 is 0. The van der Waals surface area contributed by atoms with Crippen molar-refractivity contribution in [1.29, 1.82) is 0 Å². The van der Waals surface area contributed by atoms with Gasteiger partial charge in [-0.2, -0.15) is 0 Å². The van der Waals surface area contributed by atoms with Crippen molar-refractivity contribution in [2.24, 2.45) is 0 Å². The van der Waals surface area contributed by atoms with Crippen LogP contribution in [0.2, 0.25) is 0 Å². The minimum absolute atomic E-state index is 0.138. The summed E-state index contributed by atoms with van der Waals surface area (Å²) in [6.07, 6.45) is 6.42. The Bertz CT molecular complexity index is 197. The lowest BCUT2D eigenvalue weighted by molar-refractivity contribution is -0.132. The fourth-order valence-corrected chi connectivity index (χ4v) is 1.74. The van der Waals surface area contributed by atoms with Gasteiger partial charge in [0.05, 0.1) is 5.60 Å². The molecule has 0 aromatic carbocycles. The zero-order valence-electron chi connectivity index (χ0n) is 11.3. The van der Waals surface area contributed by atoms with E-state index < -0.39 is 5.60 Å². The number of rotatable bonds is 8. The van der Waals surface area contributed by atoms with Gasteiger partial charge in [0, 0.05) is 20.0 Å². The van der Waals surface area contributed by atoms with Gasteiger partial charge in [-0.15, -0.1) is 0 Å². The van der Waals surface area contributed by atoms with E-state index in [1.807, 2.05) is 0 Å². The smallest absolute Gasteiger partial charge is 0.222 e. The molecule has 0 aromatic rings. The molecule has 0 spiro atoms. The topological polar surface area (TPSA) is 40.5 Å². The van der Waals surface area contributed by atoms with Crippen LogP contribution >= 0.6 is 0 Å². The Morgan fingerprint density at radius 2 is 1.75 bits per heavy atom. The van der Waals surface area contributed by atoms with Crippen molar-refractivity contribution in [2.45, 2.75) is 64.9 Å². The van der Waals surface area contributed by atoms with E-state index in [-0.39, 0.29) is 5.91 Å². The van der Waals surface area contributed by atoms with Gasteiger partial charge in [0.1, 0.15) is 0 Å². The molecule has 0 rings (SSSR count). The maximum atomic E-state index is 11.7. The molecule has 1 amide bonds. The zero-order chi connectivity index (χ0) is 12.6. The number of carbonyl (C=O) groups is 1. The molecule has 96 valence electrons. The summed E-state index contributed by atoms with van der Waals surface area (Å²) < 4.78 is 0. The Morgan fingerprint density at radius 3 is 2.25 bits per heavy atom. The summed E-state index contributed by atoms with van der Waals surface area (Å²) in [5, 5.41) is 9.58. The Morgan fingerprint density at radius 1 is 1.19 bits per heavy atom. The average Bonchev–Trinajstić information content (AvgIpc) is 2.14. The van der Waals surface area contributed by atoms with E-state index >= 15 is 0 Å². The number of hydrogen-bond donors (Lipinski definition) is 1. The average molecular weight is 229 g/mol. The molecule has 0 fully saturated rings. The summed E-state index contributed by atoms with van der Waals surface area (Å²) in [5.74, 6) is 0.138. The third-order valence-electron chi connectivity index (χ3n) is 2.54. The number of carbonyl (C=O) groups excluding carboxylic acids is 1. The second kappa shape index (κ2) is 7.66. The maximum Gasteiger partial charge on any atom is 0.222 e. The van der Waals surface area contributed by atoms with Gasteiger partial charge in [-0.3, -0.25) is 4.79 Å². The standard InChI is InChI=1S/C13H27NO2/c1-5-6-7-8-9-10-12(15)14(4)11-13(2,3)16/h16H,5-11H2,1-4H3. The van der Waals surface area contributed by atoms with Crippen molar-refractivity contribution >= 4 is 5.91 Å². The highest BCUT2D eigenvalue weighted by Gasteiger charge is 2.18. The first-order chi connectivity index (χ1) is 7.37.